The van der Waals surface area contributed by atoms with Gasteiger partial charge < -0.3 is 14.6 Å². The molecule has 1 aliphatic heterocycles. The number of carbonyl (C=O) groups excluding carboxylic acids is 1. The van der Waals surface area contributed by atoms with E-state index < -0.39 is 0 Å². The SMILES string of the molecule is CCC(CN1CCN(C(=O)c2cc3ccccc3[nH]2)CC1)OC. The fraction of sp³-hybridized carbons (Fsp3) is 0.500. The van der Waals surface area contributed by atoms with Gasteiger partial charge in [0, 0.05) is 50.7 Å². The molecular weight excluding hydrogens is 290 g/mol. The minimum absolute atomic E-state index is 0.0969. The maximum absolute atomic E-state index is 12.7. The maximum Gasteiger partial charge on any atom is 0.270 e. The molecule has 2 aromatic rings. The zero-order valence-electron chi connectivity index (χ0n) is 13.9. The quantitative estimate of drug-likeness (QED) is 0.921. The molecule has 1 aromatic heterocycles. The second kappa shape index (κ2) is 7.15. The van der Waals surface area contributed by atoms with Crippen LogP contribution < -0.4 is 0 Å². The number of aromatic nitrogens is 1. The number of hydrogen-bond donors (Lipinski definition) is 1. The van der Waals surface area contributed by atoms with Crippen molar-refractivity contribution in [1.82, 2.24) is 14.8 Å². The summed E-state index contributed by atoms with van der Waals surface area (Å²) in [4.78, 5) is 20.2. The van der Waals surface area contributed by atoms with Crippen molar-refractivity contribution >= 4 is 16.8 Å². The molecule has 1 aromatic carbocycles. The average molecular weight is 315 g/mol. The van der Waals surface area contributed by atoms with Crippen LogP contribution in [0, 0.1) is 0 Å². The van der Waals surface area contributed by atoms with Gasteiger partial charge in [0.15, 0.2) is 0 Å². The Labute approximate surface area is 137 Å². The summed E-state index contributed by atoms with van der Waals surface area (Å²) >= 11 is 0. The topological polar surface area (TPSA) is 48.6 Å². The number of carbonyl (C=O) groups is 1. The van der Waals surface area contributed by atoms with Crippen molar-refractivity contribution in [2.24, 2.45) is 0 Å². The first-order valence-corrected chi connectivity index (χ1v) is 8.33. The van der Waals surface area contributed by atoms with E-state index in [1.807, 2.05) is 35.2 Å². The highest BCUT2D eigenvalue weighted by Crippen LogP contribution is 2.17. The summed E-state index contributed by atoms with van der Waals surface area (Å²) in [5.74, 6) is 0.0969. The summed E-state index contributed by atoms with van der Waals surface area (Å²) in [7, 11) is 1.77. The zero-order valence-corrected chi connectivity index (χ0v) is 13.9. The van der Waals surface area contributed by atoms with E-state index in [2.05, 4.69) is 16.8 Å². The Morgan fingerprint density at radius 1 is 1.26 bits per heavy atom. The number of benzene rings is 1. The monoisotopic (exact) mass is 315 g/mol. The average Bonchev–Trinajstić information content (AvgIpc) is 3.03. The van der Waals surface area contributed by atoms with Crippen LogP contribution in [0.4, 0.5) is 0 Å². The number of methoxy groups -OCH3 is 1. The number of hydrogen-bond acceptors (Lipinski definition) is 3. The van der Waals surface area contributed by atoms with E-state index in [0.717, 1.165) is 50.0 Å². The highest BCUT2D eigenvalue weighted by atomic mass is 16.5. The van der Waals surface area contributed by atoms with Gasteiger partial charge in [0.2, 0.25) is 0 Å². The van der Waals surface area contributed by atoms with Crippen LogP contribution in [0.15, 0.2) is 30.3 Å². The molecule has 0 radical (unpaired) electrons. The van der Waals surface area contributed by atoms with Gasteiger partial charge in [-0.2, -0.15) is 0 Å². The van der Waals surface area contributed by atoms with Crippen molar-refractivity contribution in [1.29, 1.82) is 0 Å². The Balaban J connectivity index is 1.59. The minimum atomic E-state index is 0.0969. The number of fused-ring (bicyclic) bond motifs is 1. The number of ether oxygens (including phenoxy) is 1. The summed E-state index contributed by atoms with van der Waals surface area (Å²) < 4.78 is 5.45. The lowest BCUT2D eigenvalue weighted by atomic mass is 10.2. The van der Waals surface area contributed by atoms with Crippen molar-refractivity contribution in [3.63, 3.8) is 0 Å². The summed E-state index contributed by atoms with van der Waals surface area (Å²) in [5.41, 5.74) is 1.70. The molecule has 1 unspecified atom stereocenters. The molecule has 0 spiro atoms. The predicted molar refractivity (Wildman–Crippen MR) is 91.7 cm³/mol. The van der Waals surface area contributed by atoms with Crippen molar-refractivity contribution in [3.05, 3.63) is 36.0 Å². The number of H-pyrrole nitrogens is 1. The lowest BCUT2D eigenvalue weighted by molar-refractivity contribution is 0.0365. The first-order valence-electron chi connectivity index (χ1n) is 8.33. The molecule has 5 heteroatoms. The van der Waals surface area contributed by atoms with Crippen LogP contribution in [-0.2, 0) is 4.74 Å². The van der Waals surface area contributed by atoms with Gasteiger partial charge >= 0.3 is 0 Å². The molecule has 1 aliphatic rings. The molecule has 23 heavy (non-hydrogen) atoms. The number of piperazine rings is 1. The van der Waals surface area contributed by atoms with Gasteiger partial charge in [-0.3, -0.25) is 9.69 Å². The fourth-order valence-corrected chi connectivity index (χ4v) is 3.15. The second-order valence-corrected chi connectivity index (χ2v) is 6.13. The highest BCUT2D eigenvalue weighted by molar-refractivity contribution is 5.98. The predicted octanol–water partition coefficient (Wildman–Crippen LogP) is 2.35. The van der Waals surface area contributed by atoms with Gasteiger partial charge in [0.25, 0.3) is 5.91 Å². The molecule has 0 saturated carbocycles. The standard InChI is InChI=1S/C18H25N3O2/c1-3-15(23-2)13-20-8-10-21(11-9-20)18(22)17-12-14-6-4-5-7-16(14)19-17/h4-7,12,15,19H,3,8-11,13H2,1-2H3. The molecule has 2 heterocycles. The Hall–Kier alpha value is -1.85. The molecule has 1 atom stereocenters. The van der Waals surface area contributed by atoms with E-state index in [9.17, 15) is 4.79 Å². The van der Waals surface area contributed by atoms with E-state index in [1.165, 1.54) is 0 Å². The third-order valence-electron chi connectivity index (χ3n) is 4.67. The molecule has 1 N–H and O–H groups in total. The van der Waals surface area contributed by atoms with Gasteiger partial charge in [0.1, 0.15) is 5.69 Å². The van der Waals surface area contributed by atoms with Gasteiger partial charge in [0.05, 0.1) is 6.10 Å². The number of aromatic amines is 1. The first-order chi connectivity index (χ1) is 11.2. The number of para-hydroxylation sites is 1. The lowest BCUT2D eigenvalue weighted by Gasteiger charge is -2.35. The number of nitrogens with one attached hydrogen (secondary N) is 1. The molecule has 1 fully saturated rings. The summed E-state index contributed by atoms with van der Waals surface area (Å²) in [6, 6.07) is 9.94. The van der Waals surface area contributed by atoms with Crippen LogP contribution in [0.1, 0.15) is 23.8 Å². The largest absolute Gasteiger partial charge is 0.380 e. The van der Waals surface area contributed by atoms with E-state index in [1.54, 1.807) is 7.11 Å². The van der Waals surface area contributed by atoms with Crippen LogP contribution in [0.3, 0.4) is 0 Å². The third-order valence-corrected chi connectivity index (χ3v) is 4.67. The Kier molecular flexibility index (Phi) is 4.98. The fourth-order valence-electron chi connectivity index (χ4n) is 3.15. The molecule has 0 bridgehead atoms. The van der Waals surface area contributed by atoms with Gasteiger partial charge in [-0.1, -0.05) is 25.1 Å². The van der Waals surface area contributed by atoms with Crippen LogP contribution in [0.25, 0.3) is 10.9 Å². The normalized spacial score (nSPS) is 17.6. The van der Waals surface area contributed by atoms with E-state index in [-0.39, 0.29) is 12.0 Å². The third kappa shape index (κ3) is 3.57. The van der Waals surface area contributed by atoms with Crippen molar-refractivity contribution in [2.75, 3.05) is 39.8 Å². The molecule has 3 rings (SSSR count). The molecule has 1 saturated heterocycles. The molecule has 5 nitrogen and oxygen atoms in total. The van der Waals surface area contributed by atoms with Crippen LogP contribution in [0.2, 0.25) is 0 Å². The lowest BCUT2D eigenvalue weighted by Crippen LogP contribution is -2.50. The van der Waals surface area contributed by atoms with Gasteiger partial charge in [-0.05, 0) is 18.6 Å². The Morgan fingerprint density at radius 2 is 2.00 bits per heavy atom. The molecule has 0 aliphatic carbocycles. The van der Waals surface area contributed by atoms with E-state index in [0.29, 0.717) is 5.69 Å². The van der Waals surface area contributed by atoms with Crippen molar-refractivity contribution < 1.29 is 9.53 Å². The summed E-state index contributed by atoms with van der Waals surface area (Å²) in [6.07, 6.45) is 1.30. The molecule has 1 amide bonds. The second-order valence-electron chi connectivity index (χ2n) is 6.13. The maximum atomic E-state index is 12.7. The molecule has 124 valence electrons. The smallest absolute Gasteiger partial charge is 0.270 e. The van der Waals surface area contributed by atoms with E-state index >= 15 is 0 Å². The van der Waals surface area contributed by atoms with Gasteiger partial charge in [-0.25, -0.2) is 0 Å². The number of nitrogens with zero attached hydrogens (tertiary/aromatic N) is 2. The highest BCUT2D eigenvalue weighted by Gasteiger charge is 2.24. The minimum Gasteiger partial charge on any atom is -0.380 e. The number of rotatable bonds is 5. The zero-order chi connectivity index (χ0) is 16.2. The first kappa shape index (κ1) is 16.0. The summed E-state index contributed by atoms with van der Waals surface area (Å²) in [5, 5.41) is 1.08. The summed E-state index contributed by atoms with van der Waals surface area (Å²) in [6.45, 7) is 6.45. The Morgan fingerprint density at radius 3 is 2.65 bits per heavy atom. The van der Waals surface area contributed by atoms with E-state index in [4.69, 9.17) is 4.74 Å². The van der Waals surface area contributed by atoms with Crippen LogP contribution in [-0.4, -0.2) is 66.6 Å². The van der Waals surface area contributed by atoms with Crippen LogP contribution in [0.5, 0.6) is 0 Å². The molecular formula is C18H25N3O2. The van der Waals surface area contributed by atoms with Crippen molar-refractivity contribution in [3.8, 4) is 0 Å². The van der Waals surface area contributed by atoms with Crippen LogP contribution >= 0.6 is 0 Å². The van der Waals surface area contributed by atoms with Gasteiger partial charge in [-0.15, -0.1) is 0 Å². The Bertz CT molecular complexity index is 622. The number of amides is 1. The van der Waals surface area contributed by atoms with Crippen molar-refractivity contribution in [2.45, 2.75) is 19.4 Å².